The van der Waals surface area contributed by atoms with E-state index < -0.39 is 54.8 Å². The van der Waals surface area contributed by atoms with Gasteiger partial charge < -0.3 is 41.3 Å². The zero-order chi connectivity index (χ0) is 21.9. The van der Waals surface area contributed by atoms with Crippen LogP contribution in [0.4, 0.5) is 4.79 Å². The van der Waals surface area contributed by atoms with Crippen LogP contribution < -0.4 is 16.4 Å². The Morgan fingerprint density at radius 1 is 1.07 bits per heavy atom. The van der Waals surface area contributed by atoms with Gasteiger partial charge in [-0.05, 0) is 0 Å². The molecule has 15 nitrogen and oxygen atoms in total. The lowest BCUT2D eigenvalue weighted by atomic mass is 10.2. The van der Waals surface area contributed by atoms with Gasteiger partial charge in [-0.2, -0.15) is 4.98 Å². The van der Waals surface area contributed by atoms with E-state index in [1.165, 1.54) is 0 Å². The monoisotopic (exact) mass is 405 g/mol. The minimum atomic E-state index is -1.61. The Bertz CT molecular complexity index is 714. The molecule has 15 heteroatoms. The Labute approximate surface area is 156 Å². The molecule has 8 N–H and O–H groups in total. The first kappa shape index (κ1) is 24.2. The lowest BCUT2D eigenvalue weighted by molar-refractivity contribution is -0.145. The van der Waals surface area contributed by atoms with Crippen LogP contribution in [0.15, 0.2) is 4.52 Å². The maximum Gasteiger partial charge on any atom is 0.326 e. The van der Waals surface area contributed by atoms with Crippen LogP contribution in [0.1, 0.15) is 37.5 Å². The Kier molecular flexibility index (Phi) is 10.2. The summed E-state index contributed by atoms with van der Waals surface area (Å²) in [7, 11) is 0. The van der Waals surface area contributed by atoms with Gasteiger partial charge in [0.15, 0.2) is 5.82 Å². The number of aliphatic carboxylic acids is 4. The molecule has 156 valence electrons. The number of nitrogens with zero attached hydrogens (tertiary/aromatic N) is 2. The van der Waals surface area contributed by atoms with Gasteiger partial charge in [0.2, 0.25) is 5.89 Å². The number of hydrogen-bond donors (Lipinski definition) is 7. The highest BCUT2D eigenvalue weighted by atomic mass is 16.5. The molecule has 0 radical (unpaired) electrons. The predicted octanol–water partition coefficient (Wildman–Crippen LogP) is -1.64. The summed E-state index contributed by atoms with van der Waals surface area (Å²) in [5.74, 6) is -5.04. The number of hydrogen-bond acceptors (Lipinski definition) is 9. The van der Waals surface area contributed by atoms with Crippen LogP contribution in [-0.2, 0) is 25.7 Å². The van der Waals surface area contributed by atoms with E-state index in [1.807, 2.05) is 5.32 Å². The van der Waals surface area contributed by atoms with Crippen molar-refractivity contribution in [2.24, 2.45) is 5.73 Å². The molecule has 0 aromatic carbocycles. The molecule has 1 aromatic rings. The Morgan fingerprint density at radius 2 is 1.61 bits per heavy atom. The molecular formula is C13H19N5O10. The standard InChI is InChI=1S/C11H15N5O8.C2H4O2/c12-4(1-7(17)18)9-15-6(24-16-9)3-13-11(23)14-5(10(21)22)2-8(19)20;1-2(3)4/h4-5H,1-3,12H2,(H,17,18)(H,19,20)(H,21,22)(H2,13,14,23);1H3,(H,3,4). The van der Waals surface area contributed by atoms with E-state index in [0.29, 0.717) is 0 Å². The Hall–Kier alpha value is -3.75. The van der Waals surface area contributed by atoms with Gasteiger partial charge >= 0.3 is 23.9 Å². The van der Waals surface area contributed by atoms with E-state index in [1.54, 1.807) is 0 Å². The largest absolute Gasteiger partial charge is 0.481 e. The molecule has 0 saturated heterocycles. The third-order valence-electron chi connectivity index (χ3n) is 2.59. The molecule has 2 amide bonds. The fraction of sp³-hybridized carbons (Fsp3) is 0.462. The maximum atomic E-state index is 11.5. The second-order valence-corrected chi connectivity index (χ2v) is 5.09. The van der Waals surface area contributed by atoms with E-state index in [0.717, 1.165) is 6.92 Å². The second-order valence-electron chi connectivity index (χ2n) is 5.09. The summed E-state index contributed by atoms with van der Waals surface area (Å²) in [6.07, 6.45) is -1.21. The second kappa shape index (κ2) is 11.8. The van der Waals surface area contributed by atoms with Crippen molar-refractivity contribution in [3.63, 3.8) is 0 Å². The summed E-state index contributed by atoms with van der Waals surface area (Å²) in [5.41, 5.74) is 5.52. The molecule has 0 saturated carbocycles. The molecule has 0 spiro atoms. The smallest absolute Gasteiger partial charge is 0.326 e. The number of nitrogens with one attached hydrogen (secondary N) is 2. The van der Waals surface area contributed by atoms with Crippen molar-refractivity contribution in [3.8, 4) is 0 Å². The van der Waals surface area contributed by atoms with Crippen LogP contribution in [0.3, 0.4) is 0 Å². The molecule has 0 bridgehead atoms. The lowest BCUT2D eigenvalue weighted by Gasteiger charge is -2.12. The Morgan fingerprint density at radius 3 is 2.07 bits per heavy atom. The molecule has 0 fully saturated rings. The van der Waals surface area contributed by atoms with E-state index >= 15 is 0 Å². The minimum absolute atomic E-state index is 0.0658. The third-order valence-corrected chi connectivity index (χ3v) is 2.59. The highest BCUT2D eigenvalue weighted by Gasteiger charge is 2.23. The van der Waals surface area contributed by atoms with Crippen LogP contribution in [-0.4, -0.2) is 66.5 Å². The fourth-order valence-corrected chi connectivity index (χ4v) is 1.51. The summed E-state index contributed by atoms with van der Waals surface area (Å²) in [6, 6.07) is -3.55. The average Bonchev–Trinajstić information content (AvgIpc) is 2.99. The van der Waals surface area contributed by atoms with Crippen LogP contribution >= 0.6 is 0 Å². The van der Waals surface area contributed by atoms with Crippen molar-refractivity contribution in [2.45, 2.75) is 38.4 Å². The topological polar surface area (TPSA) is 255 Å². The van der Waals surface area contributed by atoms with E-state index in [9.17, 15) is 19.2 Å². The van der Waals surface area contributed by atoms with Crippen molar-refractivity contribution >= 4 is 29.9 Å². The zero-order valence-corrected chi connectivity index (χ0v) is 14.5. The number of urea groups is 1. The van der Waals surface area contributed by atoms with Crippen molar-refractivity contribution in [3.05, 3.63) is 11.7 Å². The number of nitrogens with two attached hydrogens (primary N) is 1. The molecule has 1 rings (SSSR count). The lowest BCUT2D eigenvalue weighted by Crippen LogP contribution is -2.46. The van der Waals surface area contributed by atoms with Crippen molar-refractivity contribution in [1.29, 1.82) is 0 Å². The van der Waals surface area contributed by atoms with Gasteiger partial charge in [-0.3, -0.25) is 14.4 Å². The quantitative estimate of drug-likeness (QED) is 0.243. The normalized spacial score (nSPS) is 11.9. The summed E-state index contributed by atoms with van der Waals surface area (Å²) >= 11 is 0. The molecule has 2 unspecified atom stereocenters. The number of carbonyl (C=O) groups is 5. The molecule has 2 atom stereocenters. The fourth-order valence-electron chi connectivity index (χ4n) is 1.51. The first-order valence-corrected chi connectivity index (χ1v) is 7.40. The first-order chi connectivity index (χ1) is 12.9. The average molecular weight is 405 g/mol. The van der Waals surface area contributed by atoms with Crippen molar-refractivity contribution < 1.29 is 48.9 Å². The highest BCUT2D eigenvalue weighted by Crippen LogP contribution is 2.10. The molecule has 1 aromatic heterocycles. The number of carboxylic acids is 4. The summed E-state index contributed by atoms with van der Waals surface area (Å²) in [5, 5.41) is 40.9. The SMILES string of the molecule is CC(=O)O.NC(CC(=O)O)c1noc(CNC(=O)NC(CC(=O)O)C(=O)O)n1. The van der Waals surface area contributed by atoms with Gasteiger partial charge in [0.1, 0.15) is 6.04 Å². The predicted molar refractivity (Wildman–Crippen MR) is 85.8 cm³/mol. The van der Waals surface area contributed by atoms with Crippen LogP contribution in [0, 0.1) is 0 Å². The first-order valence-electron chi connectivity index (χ1n) is 7.40. The molecule has 0 aliphatic heterocycles. The van der Waals surface area contributed by atoms with Gasteiger partial charge in [0.25, 0.3) is 5.97 Å². The summed E-state index contributed by atoms with van der Waals surface area (Å²) in [4.78, 5) is 56.1. The van der Waals surface area contributed by atoms with Crippen LogP contribution in [0.2, 0.25) is 0 Å². The van der Waals surface area contributed by atoms with Crippen molar-refractivity contribution in [2.75, 3.05) is 0 Å². The molecular weight excluding hydrogens is 386 g/mol. The summed E-state index contributed by atoms with van der Waals surface area (Å²) in [6.45, 7) is 0.790. The van der Waals surface area contributed by atoms with E-state index in [2.05, 4.69) is 15.5 Å². The number of aromatic nitrogens is 2. The highest BCUT2D eigenvalue weighted by molar-refractivity contribution is 5.86. The van der Waals surface area contributed by atoms with E-state index in [4.69, 9.17) is 35.5 Å². The van der Waals surface area contributed by atoms with Gasteiger partial charge in [0.05, 0.1) is 25.4 Å². The van der Waals surface area contributed by atoms with Crippen LogP contribution in [0.25, 0.3) is 0 Å². The zero-order valence-electron chi connectivity index (χ0n) is 14.5. The Balaban J connectivity index is 0.00000165. The van der Waals surface area contributed by atoms with Gasteiger partial charge in [-0.15, -0.1) is 0 Å². The molecule has 1 heterocycles. The minimum Gasteiger partial charge on any atom is -0.481 e. The third kappa shape index (κ3) is 11.0. The molecule has 0 aliphatic carbocycles. The molecule has 0 aliphatic rings. The number of amides is 2. The number of carboxylic acid groups (broad SMARTS) is 4. The van der Waals surface area contributed by atoms with Crippen molar-refractivity contribution in [1.82, 2.24) is 20.8 Å². The molecule has 28 heavy (non-hydrogen) atoms. The van der Waals surface area contributed by atoms with Gasteiger partial charge in [-0.1, -0.05) is 5.16 Å². The maximum absolute atomic E-state index is 11.5. The van der Waals surface area contributed by atoms with E-state index in [-0.39, 0.29) is 18.3 Å². The summed E-state index contributed by atoms with van der Waals surface area (Å²) < 4.78 is 4.75. The van der Waals surface area contributed by atoms with Gasteiger partial charge in [0, 0.05) is 6.92 Å². The van der Waals surface area contributed by atoms with Crippen LogP contribution in [0.5, 0.6) is 0 Å². The number of carbonyl (C=O) groups excluding carboxylic acids is 1. The van der Waals surface area contributed by atoms with Gasteiger partial charge in [-0.25, -0.2) is 9.59 Å². The number of rotatable bonds is 9.